The van der Waals surface area contributed by atoms with Crippen LogP contribution in [-0.4, -0.2) is 24.5 Å². The molecule has 9 heteroatoms. The van der Waals surface area contributed by atoms with Crippen LogP contribution in [0.2, 0.25) is 0 Å². The number of nitrogens with one attached hydrogen (secondary N) is 2. The van der Waals surface area contributed by atoms with Crippen LogP contribution in [0.25, 0.3) is 0 Å². The van der Waals surface area contributed by atoms with Crippen LogP contribution < -0.4 is 10.0 Å². The molecule has 0 radical (unpaired) electrons. The van der Waals surface area contributed by atoms with Crippen molar-refractivity contribution in [2.24, 2.45) is 5.41 Å². The lowest BCUT2D eigenvalue weighted by atomic mass is 9.96. The van der Waals surface area contributed by atoms with Gasteiger partial charge in [0.15, 0.2) is 0 Å². The maximum Gasteiger partial charge on any atom is 0.270 e. The summed E-state index contributed by atoms with van der Waals surface area (Å²) < 4.78 is 27.2. The number of carbonyl (C=O) groups is 1. The quantitative estimate of drug-likeness (QED) is 0.790. The predicted molar refractivity (Wildman–Crippen MR) is 93.2 cm³/mol. The van der Waals surface area contributed by atoms with Crippen LogP contribution in [0.4, 0.5) is 5.13 Å². The molecule has 2 aromatic rings. The fraction of sp³-hybridized carbons (Fsp3) is 0.400. The Morgan fingerprint density at radius 2 is 1.79 bits per heavy atom. The van der Waals surface area contributed by atoms with E-state index in [1.54, 1.807) is 27.7 Å². The van der Waals surface area contributed by atoms with Crippen LogP contribution in [0.5, 0.6) is 0 Å². The van der Waals surface area contributed by atoms with E-state index in [1.807, 2.05) is 30.3 Å². The van der Waals surface area contributed by atoms with Gasteiger partial charge < -0.3 is 5.32 Å². The monoisotopic (exact) mass is 368 g/mol. The molecule has 0 aliphatic heterocycles. The van der Waals surface area contributed by atoms with Crippen LogP contribution in [0.3, 0.4) is 0 Å². The summed E-state index contributed by atoms with van der Waals surface area (Å²) in [6.45, 7) is 7.01. The van der Waals surface area contributed by atoms with Gasteiger partial charge in [0, 0.05) is 11.5 Å². The SMILES string of the molecule is C[C@H](NS(=O)(=O)c1nnc(NC(=O)C(C)(C)C)s1)c1ccccc1. The third kappa shape index (κ3) is 4.59. The number of anilines is 1. The number of hydrogen-bond donors (Lipinski definition) is 2. The van der Waals surface area contributed by atoms with E-state index in [0.29, 0.717) is 0 Å². The second-order valence-electron chi connectivity index (χ2n) is 6.33. The normalized spacial score (nSPS) is 13.5. The van der Waals surface area contributed by atoms with E-state index in [2.05, 4.69) is 20.2 Å². The van der Waals surface area contributed by atoms with Gasteiger partial charge in [0.1, 0.15) is 0 Å². The van der Waals surface area contributed by atoms with Gasteiger partial charge in [0.2, 0.25) is 15.4 Å². The lowest BCUT2D eigenvalue weighted by Gasteiger charge is -2.15. The molecule has 1 aromatic carbocycles. The van der Waals surface area contributed by atoms with Gasteiger partial charge in [-0.05, 0) is 12.5 Å². The minimum Gasteiger partial charge on any atom is -0.300 e. The summed E-state index contributed by atoms with van der Waals surface area (Å²) in [4.78, 5) is 11.9. The van der Waals surface area contributed by atoms with Crippen molar-refractivity contribution in [1.82, 2.24) is 14.9 Å². The Hall–Kier alpha value is -1.84. The third-order valence-electron chi connectivity index (χ3n) is 3.17. The molecule has 2 rings (SSSR count). The molecule has 0 aliphatic carbocycles. The average Bonchev–Trinajstić information content (AvgIpc) is 2.96. The van der Waals surface area contributed by atoms with Gasteiger partial charge >= 0.3 is 0 Å². The molecule has 24 heavy (non-hydrogen) atoms. The third-order valence-corrected chi connectivity index (χ3v) is 5.92. The van der Waals surface area contributed by atoms with Crippen molar-refractivity contribution in [3.63, 3.8) is 0 Å². The first-order valence-electron chi connectivity index (χ1n) is 7.32. The van der Waals surface area contributed by atoms with Crippen LogP contribution in [0, 0.1) is 5.41 Å². The summed E-state index contributed by atoms with van der Waals surface area (Å²) in [6, 6.07) is 8.80. The molecule has 0 fully saturated rings. The van der Waals surface area contributed by atoms with Crippen molar-refractivity contribution in [1.29, 1.82) is 0 Å². The molecule has 0 bridgehead atoms. The van der Waals surface area contributed by atoms with Crippen molar-refractivity contribution in [3.05, 3.63) is 35.9 Å². The van der Waals surface area contributed by atoms with Crippen molar-refractivity contribution in [2.45, 2.75) is 38.1 Å². The van der Waals surface area contributed by atoms with E-state index >= 15 is 0 Å². The standard InChI is InChI=1S/C15H20N4O3S2/c1-10(11-8-6-5-7-9-11)19-24(21,22)14-18-17-13(23-14)16-12(20)15(2,3)4/h5-10,19H,1-4H3,(H,16,17,20)/t10-/m0/s1. The number of sulfonamides is 1. The number of amides is 1. The van der Waals surface area contributed by atoms with Crippen molar-refractivity contribution in [3.8, 4) is 0 Å². The van der Waals surface area contributed by atoms with Crippen molar-refractivity contribution >= 4 is 32.4 Å². The number of hydrogen-bond acceptors (Lipinski definition) is 6. The van der Waals surface area contributed by atoms with Gasteiger partial charge in [-0.25, -0.2) is 13.1 Å². The summed E-state index contributed by atoms with van der Waals surface area (Å²) in [5.41, 5.74) is 0.233. The molecule has 0 spiro atoms. The second kappa shape index (κ2) is 6.96. The first kappa shape index (κ1) is 18.5. The van der Waals surface area contributed by atoms with Crippen LogP contribution in [-0.2, 0) is 14.8 Å². The largest absolute Gasteiger partial charge is 0.300 e. The maximum absolute atomic E-state index is 12.4. The molecule has 0 saturated carbocycles. The Labute approximate surface area is 145 Å². The van der Waals surface area contributed by atoms with E-state index in [4.69, 9.17) is 0 Å². The Kier molecular flexibility index (Phi) is 5.36. The highest BCUT2D eigenvalue weighted by Gasteiger charge is 2.26. The minimum absolute atomic E-state index is 0.155. The van der Waals surface area contributed by atoms with Crippen molar-refractivity contribution < 1.29 is 13.2 Å². The van der Waals surface area contributed by atoms with Gasteiger partial charge in [-0.2, -0.15) is 0 Å². The highest BCUT2D eigenvalue weighted by molar-refractivity contribution is 7.91. The number of rotatable bonds is 5. The van der Waals surface area contributed by atoms with Gasteiger partial charge in [0.05, 0.1) is 0 Å². The van der Waals surface area contributed by atoms with Gasteiger partial charge in [0.25, 0.3) is 10.0 Å². The van der Waals surface area contributed by atoms with Crippen LogP contribution in [0.15, 0.2) is 34.7 Å². The molecular weight excluding hydrogens is 348 g/mol. The molecule has 2 N–H and O–H groups in total. The number of carbonyl (C=O) groups excluding carboxylic acids is 1. The molecular formula is C15H20N4O3S2. The summed E-state index contributed by atoms with van der Waals surface area (Å²) in [5.74, 6) is -0.256. The Bertz CT molecular complexity index is 811. The van der Waals surface area contributed by atoms with E-state index < -0.39 is 21.5 Å². The summed E-state index contributed by atoms with van der Waals surface area (Å²) in [5, 5.41) is 10.1. The summed E-state index contributed by atoms with van der Waals surface area (Å²) in [6.07, 6.45) is 0. The number of aromatic nitrogens is 2. The molecule has 0 aliphatic rings. The Morgan fingerprint density at radius 3 is 2.38 bits per heavy atom. The topological polar surface area (TPSA) is 101 Å². The van der Waals surface area contributed by atoms with E-state index in [-0.39, 0.29) is 15.4 Å². The fourth-order valence-electron chi connectivity index (χ4n) is 1.75. The molecule has 1 heterocycles. The van der Waals surface area contributed by atoms with Gasteiger partial charge in [-0.3, -0.25) is 4.79 Å². The zero-order valence-electron chi connectivity index (χ0n) is 13.9. The Balaban J connectivity index is 2.12. The average molecular weight is 368 g/mol. The van der Waals surface area contributed by atoms with Crippen molar-refractivity contribution in [2.75, 3.05) is 5.32 Å². The van der Waals surface area contributed by atoms with Crippen LogP contribution >= 0.6 is 11.3 Å². The molecule has 1 atom stereocenters. The molecule has 1 amide bonds. The lowest BCUT2D eigenvalue weighted by molar-refractivity contribution is -0.123. The molecule has 1 aromatic heterocycles. The molecule has 7 nitrogen and oxygen atoms in total. The summed E-state index contributed by atoms with van der Waals surface area (Å²) in [7, 11) is -3.81. The highest BCUT2D eigenvalue weighted by Crippen LogP contribution is 2.24. The predicted octanol–water partition coefficient (Wildman–Crippen LogP) is 2.56. The Morgan fingerprint density at radius 1 is 1.17 bits per heavy atom. The van der Waals surface area contributed by atoms with E-state index in [1.165, 1.54) is 0 Å². The number of benzene rings is 1. The van der Waals surface area contributed by atoms with E-state index in [9.17, 15) is 13.2 Å². The number of nitrogens with zero attached hydrogens (tertiary/aromatic N) is 2. The lowest BCUT2D eigenvalue weighted by Crippen LogP contribution is -2.27. The zero-order valence-corrected chi connectivity index (χ0v) is 15.5. The fourth-order valence-corrected chi connectivity index (χ4v) is 3.89. The first-order valence-corrected chi connectivity index (χ1v) is 9.62. The smallest absolute Gasteiger partial charge is 0.270 e. The van der Waals surface area contributed by atoms with Gasteiger partial charge in [-0.1, -0.05) is 62.4 Å². The summed E-state index contributed by atoms with van der Waals surface area (Å²) >= 11 is 0.817. The van der Waals surface area contributed by atoms with Crippen LogP contribution in [0.1, 0.15) is 39.3 Å². The second-order valence-corrected chi connectivity index (χ2v) is 9.20. The molecule has 0 saturated heterocycles. The minimum atomic E-state index is -3.81. The highest BCUT2D eigenvalue weighted by atomic mass is 32.2. The van der Waals surface area contributed by atoms with Gasteiger partial charge in [-0.15, -0.1) is 10.2 Å². The van der Waals surface area contributed by atoms with E-state index in [0.717, 1.165) is 16.9 Å². The molecule has 0 unspecified atom stereocenters. The first-order chi connectivity index (χ1) is 11.1. The zero-order chi connectivity index (χ0) is 18.0. The molecule has 130 valence electrons. The maximum atomic E-state index is 12.4.